The number of piperidine rings is 1. The van der Waals surface area contributed by atoms with Gasteiger partial charge in [-0.3, -0.25) is 24.6 Å². The SMILES string of the molecule is CO[C@@H]1C[C@@H](CN)N(Cc2cccc3c2CN(C2CCC(=O)NC2=O)C3=O)C1. The van der Waals surface area contributed by atoms with Crippen molar-refractivity contribution in [2.45, 2.75) is 50.5 Å². The number of methoxy groups -OCH3 is 1. The molecule has 0 bridgehead atoms. The Morgan fingerprint density at radius 3 is 2.82 bits per heavy atom. The second-order valence-corrected chi connectivity index (χ2v) is 7.76. The van der Waals surface area contributed by atoms with Gasteiger partial charge in [-0.1, -0.05) is 12.1 Å². The number of fused-ring (bicyclic) bond motifs is 1. The molecular weight excluding hydrogens is 360 g/mol. The minimum absolute atomic E-state index is 0.141. The van der Waals surface area contributed by atoms with Crippen molar-refractivity contribution in [3.8, 4) is 0 Å². The van der Waals surface area contributed by atoms with Gasteiger partial charge in [0, 0.05) is 51.3 Å². The van der Waals surface area contributed by atoms with Crippen LogP contribution in [0.3, 0.4) is 0 Å². The van der Waals surface area contributed by atoms with Crippen LogP contribution in [-0.4, -0.2) is 65.9 Å². The highest BCUT2D eigenvalue weighted by Gasteiger charge is 2.40. The molecule has 1 unspecified atom stereocenters. The lowest BCUT2D eigenvalue weighted by Gasteiger charge is -2.29. The van der Waals surface area contributed by atoms with Crippen LogP contribution in [0.2, 0.25) is 0 Å². The number of rotatable bonds is 5. The standard InChI is InChI=1S/C20H26N4O4/c1-28-14-7-13(8-21)23(10-14)9-12-3-2-4-15-16(12)11-24(20(15)27)17-5-6-18(25)22-19(17)26/h2-4,13-14,17H,5-11,21H2,1H3,(H,22,25,26)/t13-,14+,17?/m0/s1. The second kappa shape index (κ2) is 7.62. The topological polar surface area (TPSA) is 105 Å². The molecule has 3 aliphatic rings. The van der Waals surface area contributed by atoms with Gasteiger partial charge in [-0.2, -0.15) is 0 Å². The Morgan fingerprint density at radius 1 is 1.29 bits per heavy atom. The van der Waals surface area contributed by atoms with Crippen molar-refractivity contribution in [3.63, 3.8) is 0 Å². The molecule has 0 aliphatic carbocycles. The summed E-state index contributed by atoms with van der Waals surface area (Å²) in [5.41, 5.74) is 8.64. The van der Waals surface area contributed by atoms with E-state index in [-0.39, 0.29) is 36.3 Å². The number of ether oxygens (including phenoxy) is 1. The van der Waals surface area contributed by atoms with E-state index in [1.165, 1.54) is 0 Å². The van der Waals surface area contributed by atoms with Crippen LogP contribution in [0.25, 0.3) is 0 Å². The summed E-state index contributed by atoms with van der Waals surface area (Å²) in [5.74, 6) is -0.803. The lowest BCUT2D eigenvalue weighted by Crippen LogP contribution is -2.52. The average Bonchev–Trinajstić information content (AvgIpc) is 3.23. The van der Waals surface area contributed by atoms with Crippen molar-refractivity contribution in [3.05, 3.63) is 34.9 Å². The van der Waals surface area contributed by atoms with E-state index in [1.807, 2.05) is 18.2 Å². The van der Waals surface area contributed by atoms with E-state index < -0.39 is 6.04 Å². The molecule has 1 aromatic rings. The highest BCUT2D eigenvalue weighted by molar-refractivity contribution is 6.05. The summed E-state index contributed by atoms with van der Waals surface area (Å²) in [6.07, 6.45) is 1.71. The number of hydrogen-bond donors (Lipinski definition) is 2. The number of nitrogens with two attached hydrogens (primary N) is 1. The molecule has 0 saturated carbocycles. The number of carbonyl (C=O) groups excluding carboxylic acids is 3. The molecular formula is C20H26N4O4. The summed E-state index contributed by atoms with van der Waals surface area (Å²) in [6, 6.07) is 5.40. The molecule has 3 amide bonds. The second-order valence-electron chi connectivity index (χ2n) is 7.76. The van der Waals surface area contributed by atoms with Crippen molar-refractivity contribution >= 4 is 17.7 Å². The number of imide groups is 1. The summed E-state index contributed by atoms with van der Waals surface area (Å²) in [5, 5.41) is 2.34. The first kappa shape index (κ1) is 19.0. The molecule has 1 aromatic carbocycles. The third-order valence-corrected chi connectivity index (χ3v) is 6.15. The van der Waals surface area contributed by atoms with Crippen molar-refractivity contribution < 1.29 is 19.1 Å². The molecule has 8 heteroatoms. The fourth-order valence-electron chi connectivity index (χ4n) is 4.56. The molecule has 150 valence electrons. The average molecular weight is 386 g/mol. The molecule has 3 atom stereocenters. The van der Waals surface area contributed by atoms with Crippen LogP contribution in [-0.2, 0) is 27.4 Å². The van der Waals surface area contributed by atoms with Crippen LogP contribution in [0.1, 0.15) is 40.7 Å². The Morgan fingerprint density at radius 2 is 2.11 bits per heavy atom. The van der Waals surface area contributed by atoms with Gasteiger partial charge >= 0.3 is 0 Å². The lowest BCUT2D eigenvalue weighted by molar-refractivity contribution is -0.136. The number of nitrogens with zero attached hydrogens (tertiary/aromatic N) is 2. The Labute approximate surface area is 164 Å². The van der Waals surface area contributed by atoms with Crippen LogP contribution in [0, 0.1) is 0 Å². The Kier molecular flexibility index (Phi) is 5.18. The van der Waals surface area contributed by atoms with Gasteiger partial charge in [-0.25, -0.2) is 0 Å². The van der Waals surface area contributed by atoms with Crippen LogP contribution in [0.15, 0.2) is 18.2 Å². The fraction of sp³-hybridized carbons (Fsp3) is 0.550. The summed E-state index contributed by atoms with van der Waals surface area (Å²) >= 11 is 0. The summed E-state index contributed by atoms with van der Waals surface area (Å²) in [6.45, 7) is 2.47. The monoisotopic (exact) mass is 386 g/mol. The van der Waals surface area contributed by atoms with Gasteiger partial charge in [0.15, 0.2) is 0 Å². The van der Waals surface area contributed by atoms with Crippen LogP contribution in [0.5, 0.6) is 0 Å². The van der Waals surface area contributed by atoms with E-state index in [9.17, 15) is 14.4 Å². The van der Waals surface area contributed by atoms with Crippen molar-refractivity contribution in [2.24, 2.45) is 5.73 Å². The third-order valence-electron chi connectivity index (χ3n) is 6.15. The summed E-state index contributed by atoms with van der Waals surface area (Å²) in [4.78, 5) is 40.5. The predicted octanol–water partition coefficient (Wildman–Crippen LogP) is -0.00440. The smallest absolute Gasteiger partial charge is 0.255 e. The predicted molar refractivity (Wildman–Crippen MR) is 101 cm³/mol. The van der Waals surface area contributed by atoms with Gasteiger partial charge in [-0.05, 0) is 30.0 Å². The molecule has 28 heavy (non-hydrogen) atoms. The van der Waals surface area contributed by atoms with Crippen LogP contribution < -0.4 is 11.1 Å². The maximum absolute atomic E-state index is 12.9. The van der Waals surface area contributed by atoms with Crippen LogP contribution in [0.4, 0.5) is 0 Å². The van der Waals surface area contributed by atoms with Gasteiger partial charge in [0.1, 0.15) is 6.04 Å². The molecule has 3 aliphatic heterocycles. The van der Waals surface area contributed by atoms with Crippen LogP contribution >= 0.6 is 0 Å². The zero-order valence-electron chi connectivity index (χ0n) is 16.0. The Bertz CT molecular complexity index is 811. The molecule has 3 heterocycles. The number of hydrogen-bond acceptors (Lipinski definition) is 6. The minimum atomic E-state index is -0.591. The van der Waals surface area contributed by atoms with E-state index in [0.29, 0.717) is 31.6 Å². The van der Waals surface area contributed by atoms with Gasteiger partial charge < -0.3 is 15.4 Å². The highest BCUT2D eigenvalue weighted by atomic mass is 16.5. The van der Waals surface area contributed by atoms with Crippen molar-refractivity contribution in [2.75, 3.05) is 20.2 Å². The molecule has 4 rings (SSSR count). The largest absolute Gasteiger partial charge is 0.380 e. The van der Waals surface area contributed by atoms with E-state index in [4.69, 9.17) is 10.5 Å². The quantitative estimate of drug-likeness (QED) is 0.690. The lowest BCUT2D eigenvalue weighted by atomic mass is 10.0. The number of nitrogens with one attached hydrogen (secondary N) is 1. The number of carbonyl (C=O) groups is 3. The molecule has 0 spiro atoms. The normalized spacial score (nSPS) is 28.0. The molecule has 3 N–H and O–H groups in total. The van der Waals surface area contributed by atoms with E-state index >= 15 is 0 Å². The minimum Gasteiger partial charge on any atom is -0.380 e. The molecule has 0 radical (unpaired) electrons. The van der Waals surface area contributed by atoms with Crippen molar-refractivity contribution in [1.29, 1.82) is 0 Å². The zero-order chi connectivity index (χ0) is 19.8. The molecule has 2 saturated heterocycles. The fourth-order valence-corrected chi connectivity index (χ4v) is 4.56. The van der Waals surface area contributed by atoms with E-state index in [0.717, 1.165) is 24.1 Å². The first-order valence-corrected chi connectivity index (χ1v) is 9.74. The number of benzene rings is 1. The Balaban J connectivity index is 1.55. The summed E-state index contributed by atoms with van der Waals surface area (Å²) in [7, 11) is 1.72. The maximum atomic E-state index is 12.9. The van der Waals surface area contributed by atoms with Crippen molar-refractivity contribution in [1.82, 2.24) is 15.1 Å². The number of likely N-dealkylation sites (tertiary alicyclic amines) is 1. The van der Waals surface area contributed by atoms with E-state index in [2.05, 4.69) is 10.2 Å². The van der Waals surface area contributed by atoms with E-state index in [1.54, 1.807) is 12.0 Å². The molecule has 8 nitrogen and oxygen atoms in total. The van der Waals surface area contributed by atoms with Gasteiger partial charge in [0.25, 0.3) is 5.91 Å². The zero-order valence-corrected chi connectivity index (χ0v) is 16.0. The summed E-state index contributed by atoms with van der Waals surface area (Å²) < 4.78 is 5.51. The first-order chi connectivity index (χ1) is 13.5. The highest BCUT2D eigenvalue weighted by Crippen LogP contribution is 2.31. The molecule has 2 fully saturated rings. The van der Waals surface area contributed by atoms with Gasteiger partial charge in [-0.15, -0.1) is 0 Å². The Hall–Kier alpha value is -2.29. The number of amides is 3. The first-order valence-electron chi connectivity index (χ1n) is 9.74. The maximum Gasteiger partial charge on any atom is 0.255 e. The molecule has 0 aromatic heterocycles. The van der Waals surface area contributed by atoms with Gasteiger partial charge in [0.05, 0.1) is 6.10 Å². The van der Waals surface area contributed by atoms with Gasteiger partial charge in [0.2, 0.25) is 11.8 Å². The third kappa shape index (κ3) is 3.32.